The molecule has 0 saturated heterocycles. The van der Waals surface area contributed by atoms with Crippen LogP contribution >= 0.6 is 12.4 Å². The Hall–Kier alpha value is -2.00. The van der Waals surface area contributed by atoms with E-state index in [2.05, 4.69) is 31.3 Å². The summed E-state index contributed by atoms with van der Waals surface area (Å²) in [4.78, 5) is 12.1. The topological polar surface area (TPSA) is 55.1 Å². The van der Waals surface area contributed by atoms with Gasteiger partial charge in [-0.3, -0.25) is 4.79 Å². The number of anilines is 1. The molecule has 2 aromatic rings. The fraction of sp³-hybridized carbons (Fsp3) is 0.316. The van der Waals surface area contributed by atoms with Gasteiger partial charge in [0.15, 0.2) is 0 Å². The number of hydrogen-bond donors (Lipinski definition) is 2. The summed E-state index contributed by atoms with van der Waals surface area (Å²) in [6.07, 6.45) is 1.30. The number of hydrogen-bond acceptors (Lipinski definition) is 2. The van der Waals surface area contributed by atoms with Crippen molar-refractivity contribution in [3.05, 3.63) is 65.7 Å². The number of carbonyl (C=O) groups is 1. The SMILES string of the molecule is CC(C)(CC(=O)NCCc1ccc(N)cc1)c1ccccc1.Cl. The van der Waals surface area contributed by atoms with E-state index in [4.69, 9.17) is 5.73 Å². The van der Waals surface area contributed by atoms with Crippen LogP contribution in [0.5, 0.6) is 0 Å². The summed E-state index contributed by atoms with van der Waals surface area (Å²) in [5, 5.41) is 3.00. The Morgan fingerprint density at radius 2 is 1.65 bits per heavy atom. The van der Waals surface area contributed by atoms with Crippen molar-refractivity contribution in [3.8, 4) is 0 Å². The van der Waals surface area contributed by atoms with E-state index in [0.717, 1.165) is 12.1 Å². The van der Waals surface area contributed by atoms with Crippen LogP contribution in [0.3, 0.4) is 0 Å². The van der Waals surface area contributed by atoms with Gasteiger partial charge in [-0.05, 0) is 35.1 Å². The molecule has 0 saturated carbocycles. The zero-order valence-corrected chi connectivity index (χ0v) is 14.5. The zero-order valence-electron chi connectivity index (χ0n) is 13.7. The van der Waals surface area contributed by atoms with Crippen LogP contribution in [0.15, 0.2) is 54.6 Å². The third-order valence-corrected chi connectivity index (χ3v) is 3.87. The maximum Gasteiger partial charge on any atom is 0.220 e. The number of benzene rings is 2. The fourth-order valence-corrected chi connectivity index (χ4v) is 2.49. The van der Waals surface area contributed by atoms with Crippen molar-refractivity contribution in [1.82, 2.24) is 5.32 Å². The first-order valence-corrected chi connectivity index (χ1v) is 7.64. The number of nitrogens with one attached hydrogen (secondary N) is 1. The van der Waals surface area contributed by atoms with Crippen LogP contribution in [0.25, 0.3) is 0 Å². The molecule has 124 valence electrons. The Morgan fingerprint density at radius 3 is 2.26 bits per heavy atom. The summed E-state index contributed by atoms with van der Waals surface area (Å²) < 4.78 is 0. The molecule has 0 atom stereocenters. The van der Waals surface area contributed by atoms with Gasteiger partial charge in [0.25, 0.3) is 0 Å². The zero-order chi connectivity index (χ0) is 16.0. The number of nitrogens with two attached hydrogens (primary N) is 1. The third-order valence-electron chi connectivity index (χ3n) is 3.87. The van der Waals surface area contributed by atoms with Crippen molar-refractivity contribution in [2.45, 2.75) is 32.1 Å². The fourth-order valence-electron chi connectivity index (χ4n) is 2.49. The normalized spacial score (nSPS) is 10.7. The lowest BCUT2D eigenvalue weighted by atomic mass is 9.81. The monoisotopic (exact) mass is 332 g/mol. The molecule has 2 aromatic carbocycles. The molecule has 0 fully saturated rings. The van der Waals surface area contributed by atoms with Crippen LogP contribution in [-0.2, 0) is 16.6 Å². The number of rotatable bonds is 6. The van der Waals surface area contributed by atoms with Gasteiger partial charge in [0.05, 0.1) is 0 Å². The predicted molar refractivity (Wildman–Crippen MR) is 98.9 cm³/mol. The quantitative estimate of drug-likeness (QED) is 0.792. The standard InChI is InChI=1S/C19H24N2O.ClH/c1-19(2,16-6-4-3-5-7-16)14-18(22)21-13-12-15-8-10-17(20)11-9-15;/h3-11H,12-14,20H2,1-2H3,(H,21,22);1H. The molecule has 0 aliphatic carbocycles. The molecule has 0 spiro atoms. The van der Waals surface area contributed by atoms with Gasteiger partial charge in [0, 0.05) is 18.7 Å². The lowest BCUT2D eigenvalue weighted by molar-refractivity contribution is -0.122. The smallest absolute Gasteiger partial charge is 0.220 e. The Morgan fingerprint density at radius 1 is 1.04 bits per heavy atom. The van der Waals surface area contributed by atoms with Crippen molar-refractivity contribution >= 4 is 24.0 Å². The van der Waals surface area contributed by atoms with Crippen LogP contribution in [-0.4, -0.2) is 12.5 Å². The summed E-state index contributed by atoms with van der Waals surface area (Å²) in [7, 11) is 0. The van der Waals surface area contributed by atoms with Crippen molar-refractivity contribution in [1.29, 1.82) is 0 Å². The number of nitrogen functional groups attached to an aromatic ring is 1. The Bertz CT molecular complexity index is 609. The first kappa shape index (κ1) is 19.0. The van der Waals surface area contributed by atoms with Crippen LogP contribution in [0.4, 0.5) is 5.69 Å². The largest absolute Gasteiger partial charge is 0.399 e. The van der Waals surface area contributed by atoms with Gasteiger partial charge in [-0.15, -0.1) is 12.4 Å². The van der Waals surface area contributed by atoms with Crippen molar-refractivity contribution < 1.29 is 4.79 Å². The highest BCUT2D eigenvalue weighted by Gasteiger charge is 2.23. The molecular weight excluding hydrogens is 308 g/mol. The van der Waals surface area contributed by atoms with Crippen LogP contribution in [0, 0.1) is 0 Å². The van der Waals surface area contributed by atoms with E-state index in [1.807, 2.05) is 42.5 Å². The average Bonchev–Trinajstić information content (AvgIpc) is 2.50. The summed E-state index contributed by atoms with van der Waals surface area (Å²) >= 11 is 0. The lowest BCUT2D eigenvalue weighted by Crippen LogP contribution is -2.32. The van der Waals surface area contributed by atoms with Gasteiger partial charge in [-0.2, -0.15) is 0 Å². The van der Waals surface area contributed by atoms with E-state index >= 15 is 0 Å². The van der Waals surface area contributed by atoms with Gasteiger partial charge < -0.3 is 11.1 Å². The number of carbonyl (C=O) groups excluding carboxylic acids is 1. The summed E-state index contributed by atoms with van der Waals surface area (Å²) in [6, 6.07) is 17.9. The van der Waals surface area contributed by atoms with Gasteiger partial charge in [-0.1, -0.05) is 56.3 Å². The minimum absolute atomic E-state index is 0. The van der Waals surface area contributed by atoms with Crippen LogP contribution in [0.2, 0.25) is 0 Å². The molecule has 0 aliphatic rings. The van der Waals surface area contributed by atoms with Crippen molar-refractivity contribution in [2.75, 3.05) is 12.3 Å². The van der Waals surface area contributed by atoms with E-state index in [0.29, 0.717) is 13.0 Å². The molecule has 3 N–H and O–H groups in total. The van der Waals surface area contributed by atoms with Gasteiger partial charge in [0.1, 0.15) is 0 Å². The highest BCUT2D eigenvalue weighted by atomic mass is 35.5. The molecule has 0 aromatic heterocycles. The minimum Gasteiger partial charge on any atom is -0.399 e. The lowest BCUT2D eigenvalue weighted by Gasteiger charge is -2.24. The van der Waals surface area contributed by atoms with E-state index in [1.54, 1.807) is 0 Å². The Kier molecular flexibility index (Phi) is 7.11. The van der Waals surface area contributed by atoms with Gasteiger partial charge >= 0.3 is 0 Å². The second-order valence-electron chi connectivity index (χ2n) is 6.27. The van der Waals surface area contributed by atoms with Crippen LogP contribution in [0.1, 0.15) is 31.4 Å². The average molecular weight is 333 g/mol. The predicted octanol–water partition coefficient (Wildman–Crippen LogP) is 3.72. The molecule has 3 nitrogen and oxygen atoms in total. The van der Waals surface area contributed by atoms with Gasteiger partial charge in [-0.25, -0.2) is 0 Å². The van der Waals surface area contributed by atoms with Gasteiger partial charge in [0.2, 0.25) is 5.91 Å². The Labute approximate surface area is 144 Å². The summed E-state index contributed by atoms with van der Waals surface area (Å²) in [5.41, 5.74) is 8.62. The minimum atomic E-state index is -0.160. The van der Waals surface area contributed by atoms with E-state index < -0.39 is 0 Å². The van der Waals surface area contributed by atoms with Crippen LogP contribution < -0.4 is 11.1 Å². The molecular formula is C19H25ClN2O. The maximum absolute atomic E-state index is 12.1. The summed E-state index contributed by atoms with van der Waals surface area (Å²) in [5.74, 6) is 0.0873. The molecule has 0 unspecified atom stereocenters. The molecule has 4 heteroatoms. The first-order chi connectivity index (χ1) is 10.5. The molecule has 23 heavy (non-hydrogen) atoms. The number of halogens is 1. The molecule has 0 aliphatic heterocycles. The third kappa shape index (κ3) is 5.95. The van der Waals surface area contributed by atoms with Crippen molar-refractivity contribution in [2.24, 2.45) is 0 Å². The highest BCUT2D eigenvalue weighted by Crippen LogP contribution is 2.26. The van der Waals surface area contributed by atoms with E-state index in [-0.39, 0.29) is 23.7 Å². The second-order valence-corrected chi connectivity index (χ2v) is 6.27. The van der Waals surface area contributed by atoms with E-state index in [9.17, 15) is 4.79 Å². The molecule has 2 rings (SSSR count). The highest BCUT2D eigenvalue weighted by molar-refractivity contribution is 5.85. The number of amides is 1. The second kappa shape index (κ2) is 8.59. The molecule has 0 heterocycles. The maximum atomic E-state index is 12.1. The summed E-state index contributed by atoms with van der Waals surface area (Å²) in [6.45, 7) is 4.84. The first-order valence-electron chi connectivity index (χ1n) is 7.64. The molecule has 1 amide bonds. The Balaban J connectivity index is 0.00000264. The van der Waals surface area contributed by atoms with Crippen molar-refractivity contribution in [3.63, 3.8) is 0 Å². The van der Waals surface area contributed by atoms with E-state index in [1.165, 1.54) is 11.1 Å². The molecule has 0 bridgehead atoms. The molecule has 0 radical (unpaired) electrons.